The van der Waals surface area contributed by atoms with Crippen molar-refractivity contribution in [3.63, 3.8) is 0 Å². The predicted molar refractivity (Wildman–Crippen MR) is 55.9 cm³/mol. The van der Waals surface area contributed by atoms with Crippen LogP contribution >= 0.6 is 11.6 Å². The van der Waals surface area contributed by atoms with E-state index in [1.54, 1.807) is 0 Å². The van der Waals surface area contributed by atoms with Gasteiger partial charge in [-0.1, -0.05) is 17.7 Å². The third-order valence-electron chi connectivity index (χ3n) is 2.31. The van der Waals surface area contributed by atoms with Gasteiger partial charge in [-0.2, -0.15) is 22.0 Å². The zero-order chi connectivity index (χ0) is 14.1. The second-order valence-corrected chi connectivity index (χ2v) is 3.89. The molecular formula is C10H9ClF5NO. The maximum absolute atomic E-state index is 13.0. The lowest BCUT2D eigenvalue weighted by Crippen LogP contribution is -2.45. The highest BCUT2D eigenvalue weighted by molar-refractivity contribution is 6.31. The topological polar surface area (TPSA) is 35.2 Å². The number of alkyl halides is 5. The van der Waals surface area contributed by atoms with E-state index >= 15 is 0 Å². The van der Waals surface area contributed by atoms with Crippen LogP contribution in [0.25, 0.3) is 0 Å². The van der Waals surface area contributed by atoms with Gasteiger partial charge in [0, 0.05) is 5.02 Å². The average molecular weight is 290 g/mol. The molecule has 0 aromatic heterocycles. The van der Waals surface area contributed by atoms with Crippen LogP contribution in [-0.2, 0) is 0 Å². The number of ether oxygens (including phenoxy) is 1. The van der Waals surface area contributed by atoms with Gasteiger partial charge in [0.15, 0.2) is 0 Å². The molecule has 0 heterocycles. The number of benzene rings is 1. The highest BCUT2D eigenvalue weighted by Gasteiger charge is 2.62. The highest BCUT2D eigenvalue weighted by Crippen LogP contribution is 2.44. The van der Waals surface area contributed by atoms with Crippen LogP contribution in [0.4, 0.5) is 22.0 Å². The molecule has 2 N–H and O–H groups in total. The number of rotatable bonds is 3. The standard InChI is InChI=1S/C10H9ClF5NO/c1-18-5-2-3-6(7(11)4-5)8(17)9(12,13)10(14,15)16/h2-4,8H,17H2,1H3. The van der Waals surface area contributed by atoms with Crippen LogP contribution in [0.3, 0.4) is 0 Å². The monoisotopic (exact) mass is 289 g/mol. The first-order chi connectivity index (χ1) is 8.11. The molecule has 1 unspecified atom stereocenters. The minimum atomic E-state index is -5.74. The summed E-state index contributed by atoms with van der Waals surface area (Å²) in [6, 6.07) is 0.721. The minimum Gasteiger partial charge on any atom is -0.497 e. The van der Waals surface area contributed by atoms with Gasteiger partial charge in [0.25, 0.3) is 0 Å². The molecule has 8 heteroatoms. The van der Waals surface area contributed by atoms with Gasteiger partial charge in [0.1, 0.15) is 11.8 Å². The third kappa shape index (κ3) is 2.67. The lowest BCUT2D eigenvalue weighted by molar-refractivity contribution is -0.290. The molecule has 0 amide bonds. The van der Waals surface area contributed by atoms with Gasteiger partial charge in [-0.25, -0.2) is 0 Å². The Hall–Kier alpha value is -1.08. The summed E-state index contributed by atoms with van der Waals surface area (Å²) in [5, 5.41) is -0.314. The molecule has 0 aliphatic carbocycles. The number of hydrogen-bond donors (Lipinski definition) is 1. The van der Waals surface area contributed by atoms with E-state index in [-0.39, 0.29) is 10.8 Å². The maximum atomic E-state index is 13.0. The summed E-state index contributed by atoms with van der Waals surface area (Å²) in [5.74, 6) is -4.84. The molecule has 1 aromatic carbocycles. The zero-order valence-corrected chi connectivity index (χ0v) is 9.82. The maximum Gasteiger partial charge on any atom is 0.455 e. The molecule has 2 nitrogen and oxygen atoms in total. The lowest BCUT2D eigenvalue weighted by atomic mass is 10.0. The van der Waals surface area contributed by atoms with Crippen LogP contribution in [0.5, 0.6) is 5.75 Å². The van der Waals surface area contributed by atoms with Crippen LogP contribution in [0, 0.1) is 0 Å². The van der Waals surface area contributed by atoms with E-state index < -0.39 is 23.7 Å². The van der Waals surface area contributed by atoms with Crippen LogP contribution in [0.15, 0.2) is 18.2 Å². The molecule has 0 saturated carbocycles. The molecule has 1 atom stereocenters. The summed E-state index contributed by atoms with van der Waals surface area (Å²) in [7, 11) is 1.30. The van der Waals surface area contributed by atoms with Crippen LogP contribution in [0.1, 0.15) is 11.6 Å². The van der Waals surface area contributed by atoms with E-state index in [1.165, 1.54) is 13.2 Å². The predicted octanol–water partition coefficient (Wildman–Crippen LogP) is 3.55. The second-order valence-electron chi connectivity index (χ2n) is 3.49. The van der Waals surface area contributed by atoms with E-state index in [0.717, 1.165) is 12.1 Å². The summed E-state index contributed by atoms with van der Waals surface area (Å²) in [6.45, 7) is 0. The van der Waals surface area contributed by atoms with Gasteiger partial charge >= 0.3 is 12.1 Å². The van der Waals surface area contributed by atoms with Crippen molar-refractivity contribution in [2.75, 3.05) is 7.11 Å². The fourth-order valence-corrected chi connectivity index (χ4v) is 1.55. The van der Waals surface area contributed by atoms with Gasteiger partial charge in [0.2, 0.25) is 0 Å². The number of nitrogens with two attached hydrogens (primary N) is 1. The summed E-state index contributed by atoms with van der Waals surface area (Å²) < 4.78 is 67.3. The molecule has 0 bridgehead atoms. The number of hydrogen-bond acceptors (Lipinski definition) is 2. The van der Waals surface area contributed by atoms with Gasteiger partial charge in [0.05, 0.1) is 7.11 Å². The first-order valence-corrected chi connectivity index (χ1v) is 5.02. The summed E-state index contributed by atoms with van der Waals surface area (Å²) >= 11 is 5.60. The van der Waals surface area contributed by atoms with Crippen molar-refractivity contribution >= 4 is 11.6 Å². The molecule has 18 heavy (non-hydrogen) atoms. The van der Waals surface area contributed by atoms with Crippen molar-refractivity contribution in [2.24, 2.45) is 5.73 Å². The van der Waals surface area contributed by atoms with Crippen molar-refractivity contribution < 1.29 is 26.7 Å². The fourth-order valence-electron chi connectivity index (χ4n) is 1.26. The Morgan fingerprint density at radius 1 is 1.22 bits per heavy atom. The van der Waals surface area contributed by atoms with E-state index in [2.05, 4.69) is 0 Å². The van der Waals surface area contributed by atoms with Gasteiger partial charge in [-0.05, 0) is 17.7 Å². The van der Waals surface area contributed by atoms with Crippen molar-refractivity contribution in [1.82, 2.24) is 0 Å². The summed E-state index contributed by atoms with van der Waals surface area (Å²) in [5.41, 5.74) is 4.46. The molecule has 1 aromatic rings. The Balaban J connectivity index is 3.15. The molecule has 102 valence electrons. The minimum absolute atomic E-state index is 0.228. The molecule has 1 rings (SSSR count). The van der Waals surface area contributed by atoms with Crippen molar-refractivity contribution in [2.45, 2.75) is 18.1 Å². The largest absolute Gasteiger partial charge is 0.497 e. The molecule has 0 spiro atoms. The summed E-state index contributed by atoms with van der Waals surface area (Å²) in [4.78, 5) is 0. The molecule has 0 aliphatic rings. The normalized spacial score (nSPS) is 14.4. The van der Waals surface area contributed by atoms with Crippen LogP contribution < -0.4 is 10.5 Å². The van der Waals surface area contributed by atoms with Crippen molar-refractivity contribution in [3.05, 3.63) is 28.8 Å². The highest BCUT2D eigenvalue weighted by atomic mass is 35.5. The van der Waals surface area contributed by atoms with Crippen LogP contribution in [0.2, 0.25) is 5.02 Å². The molecule has 0 aliphatic heterocycles. The van der Waals surface area contributed by atoms with Crippen molar-refractivity contribution in [3.8, 4) is 5.75 Å². The fraction of sp³-hybridized carbons (Fsp3) is 0.400. The SMILES string of the molecule is COc1ccc(C(N)C(F)(F)C(F)(F)F)c(Cl)c1. The van der Waals surface area contributed by atoms with Crippen molar-refractivity contribution in [1.29, 1.82) is 0 Å². The van der Waals surface area contributed by atoms with E-state index in [1.807, 2.05) is 0 Å². The van der Waals surface area contributed by atoms with E-state index in [0.29, 0.717) is 0 Å². The lowest BCUT2D eigenvalue weighted by Gasteiger charge is -2.26. The first-order valence-electron chi connectivity index (χ1n) is 4.64. The van der Waals surface area contributed by atoms with Gasteiger partial charge < -0.3 is 10.5 Å². The van der Waals surface area contributed by atoms with Gasteiger partial charge in [-0.15, -0.1) is 0 Å². The van der Waals surface area contributed by atoms with Gasteiger partial charge in [-0.3, -0.25) is 0 Å². The second kappa shape index (κ2) is 4.89. The average Bonchev–Trinajstić information content (AvgIpc) is 2.26. The Morgan fingerprint density at radius 2 is 1.78 bits per heavy atom. The smallest absolute Gasteiger partial charge is 0.455 e. The molecule has 0 radical (unpaired) electrons. The van der Waals surface area contributed by atoms with Crippen LogP contribution in [-0.4, -0.2) is 19.2 Å². The zero-order valence-electron chi connectivity index (χ0n) is 9.06. The number of halogens is 6. The Labute approximate surface area is 104 Å². The Morgan fingerprint density at radius 3 is 2.17 bits per heavy atom. The van der Waals surface area contributed by atoms with E-state index in [4.69, 9.17) is 22.1 Å². The summed E-state index contributed by atoms with van der Waals surface area (Å²) in [6.07, 6.45) is -5.74. The molecule has 0 fully saturated rings. The molecular weight excluding hydrogens is 281 g/mol. The Kier molecular flexibility index (Phi) is 4.07. The first kappa shape index (κ1) is 15.0. The number of methoxy groups -OCH3 is 1. The quantitative estimate of drug-likeness (QED) is 0.864. The Bertz CT molecular complexity index is 435. The third-order valence-corrected chi connectivity index (χ3v) is 2.64. The molecule has 0 saturated heterocycles. The van der Waals surface area contributed by atoms with E-state index in [9.17, 15) is 22.0 Å².